The second-order valence-electron chi connectivity index (χ2n) is 3.06. The van der Waals surface area contributed by atoms with Crippen molar-refractivity contribution in [2.75, 3.05) is 5.73 Å². The van der Waals surface area contributed by atoms with Crippen LogP contribution in [0, 0.1) is 0 Å². The Balaban J connectivity index is 2.50. The monoisotopic (exact) mass is 148 g/mol. The predicted octanol–water partition coefficient (Wildman–Crippen LogP) is 1.43. The highest BCUT2D eigenvalue weighted by atomic mass is 14.9. The number of fused-ring (bicyclic) bond motifs is 1. The van der Waals surface area contributed by atoms with E-state index in [1.807, 2.05) is 12.1 Å². The first-order valence-corrected chi connectivity index (χ1v) is 3.89. The lowest BCUT2D eigenvalue weighted by Crippen LogP contribution is -2.06. The molecule has 0 fully saturated rings. The SMILES string of the molecule is CC1NCc2cc(N)ccc21. The molecule has 0 spiro atoms. The molecular formula is C9H12N2. The lowest BCUT2D eigenvalue weighted by atomic mass is 10.1. The van der Waals surface area contributed by atoms with E-state index in [9.17, 15) is 0 Å². The molecule has 0 aliphatic carbocycles. The minimum absolute atomic E-state index is 0.491. The van der Waals surface area contributed by atoms with Crippen LogP contribution in [0.15, 0.2) is 18.2 Å². The summed E-state index contributed by atoms with van der Waals surface area (Å²) >= 11 is 0. The molecule has 2 nitrogen and oxygen atoms in total. The number of nitrogens with two attached hydrogens (primary N) is 1. The summed E-state index contributed by atoms with van der Waals surface area (Å²) < 4.78 is 0. The lowest BCUT2D eigenvalue weighted by molar-refractivity contribution is 0.633. The molecule has 1 aromatic carbocycles. The predicted molar refractivity (Wildman–Crippen MR) is 46.1 cm³/mol. The zero-order chi connectivity index (χ0) is 7.84. The van der Waals surface area contributed by atoms with Crippen LogP contribution in [-0.2, 0) is 6.54 Å². The van der Waals surface area contributed by atoms with Gasteiger partial charge >= 0.3 is 0 Å². The van der Waals surface area contributed by atoms with E-state index in [-0.39, 0.29) is 0 Å². The Bertz CT molecular complexity index is 281. The van der Waals surface area contributed by atoms with Crippen LogP contribution in [0.25, 0.3) is 0 Å². The summed E-state index contributed by atoms with van der Waals surface area (Å²) in [5.74, 6) is 0. The van der Waals surface area contributed by atoms with Gasteiger partial charge in [0.2, 0.25) is 0 Å². The molecular weight excluding hydrogens is 136 g/mol. The van der Waals surface area contributed by atoms with Gasteiger partial charge in [-0.3, -0.25) is 0 Å². The van der Waals surface area contributed by atoms with Crippen LogP contribution < -0.4 is 11.1 Å². The second-order valence-corrected chi connectivity index (χ2v) is 3.06. The van der Waals surface area contributed by atoms with Crippen LogP contribution in [0.3, 0.4) is 0 Å². The van der Waals surface area contributed by atoms with E-state index in [1.54, 1.807) is 0 Å². The van der Waals surface area contributed by atoms with Crippen molar-refractivity contribution in [1.29, 1.82) is 0 Å². The third kappa shape index (κ3) is 0.994. The molecule has 0 saturated heterocycles. The number of benzene rings is 1. The van der Waals surface area contributed by atoms with Gasteiger partial charge in [-0.1, -0.05) is 6.07 Å². The molecule has 1 heterocycles. The summed E-state index contributed by atoms with van der Waals surface area (Å²) in [5.41, 5.74) is 9.24. The van der Waals surface area contributed by atoms with Crippen LogP contribution in [0.2, 0.25) is 0 Å². The van der Waals surface area contributed by atoms with Crippen molar-refractivity contribution < 1.29 is 0 Å². The van der Waals surface area contributed by atoms with Gasteiger partial charge in [0.15, 0.2) is 0 Å². The second kappa shape index (κ2) is 2.24. The Morgan fingerprint density at radius 1 is 1.55 bits per heavy atom. The summed E-state index contributed by atoms with van der Waals surface area (Å²) in [6.45, 7) is 3.13. The van der Waals surface area contributed by atoms with Crippen LogP contribution >= 0.6 is 0 Å². The summed E-state index contributed by atoms with van der Waals surface area (Å²) in [6, 6.07) is 6.61. The highest BCUT2D eigenvalue weighted by molar-refractivity contribution is 5.47. The minimum atomic E-state index is 0.491. The first-order chi connectivity index (χ1) is 5.27. The lowest BCUT2D eigenvalue weighted by Gasteiger charge is -2.03. The quantitative estimate of drug-likeness (QED) is 0.546. The fourth-order valence-electron chi connectivity index (χ4n) is 1.57. The molecule has 1 aliphatic heterocycles. The number of nitrogen functional groups attached to an aromatic ring is 1. The maximum Gasteiger partial charge on any atom is 0.0317 e. The number of hydrogen-bond donors (Lipinski definition) is 2. The van der Waals surface area contributed by atoms with Crippen molar-refractivity contribution in [1.82, 2.24) is 5.32 Å². The van der Waals surface area contributed by atoms with E-state index in [2.05, 4.69) is 18.3 Å². The van der Waals surface area contributed by atoms with Crippen molar-refractivity contribution >= 4 is 5.69 Å². The van der Waals surface area contributed by atoms with E-state index in [0.29, 0.717) is 6.04 Å². The van der Waals surface area contributed by atoms with Gasteiger partial charge in [0.05, 0.1) is 0 Å². The van der Waals surface area contributed by atoms with Gasteiger partial charge in [0, 0.05) is 18.3 Å². The molecule has 2 heteroatoms. The van der Waals surface area contributed by atoms with E-state index >= 15 is 0 Å². The molecule has 1 aromatic rings. The minimum Gasteiger partial charge on any atom is -0.399 e. The van der Waals surface area contributed by atoms with Gasteiger partial charge in [-0.05, 0) is 30.2 Å². The van der Waals surface area contributed by atoms with Gasteiger partial charge < -0.3 is 11.1 Å². The van der Waals surface area contributed by atoms with Crippen molar-refractivity contribution in [2.24, 2.45) is 0 Å². The maximum atomic E-state index is 5.65. The summed E-state index contributed by atoms with van der Waals surface area (Å²) in [7, 11) is 0. The van der Waals surface area contributed by atoms with Crippen molar-refractivity contribution in [3.05, 3.63) is 29.3 Å². The normalized spacial score (nSPS) is 21.7. The van der Waals surface area contributed by atoms with Gasteiger partial charge in [-0.2, -0.15) is 0 Å². The van der Waals surface area contributed by atoms with E-state index < -0.39 is 0 Å². The molecule has 2 rings (SSSR count). The third-order valence-corrected chi connectivity index (χ3v) is 2.23. The average Bonchev–Trinajstić information content (AvgIpc) is 2.32. The Morgan fingerprint density at radius 2 is 2.36 bits per heavy atom. The first-order valence-electron chi connectivity index (χ1n) is 3.89. The summed E-state index contributed by atoms with van der Waals surface area (Å²) in [6.07, 6.45) is 0. The Labute approximate surface area is 66.4 Å². The molecule has 0 bridgehead atoms. The van der Waals surface area contributed by atoms with Crippen molar-refractivity contribution in [3.63, 3.8) is 0 Å². The van der Waals surface area contributed by atoms with E-state index in [0.717, 1.165) is 12.2 Å². The third-order valence-electron chi connectivity index (χ3n) is 2.23. The molecule has 11 heavy (non-hydrogen) atoms. The Morgan fingerprint density at radius 3 is 3.18 bits per heavy atom. The average molecular weight is 148 g/mol. The van der Waals surface area contributed by atoms with Gasteiger partial charge in [0.1, 0.15) is 0 Å². The van der Waals surface area contributed by atoms with Gasteiger partial charge in [-0.25, -0.2) is 0 Å². The molecule has 3 N–H and O–H groups in total. The van der Waals surface area contributed by atoms with Crippen molar-refractivity contribution in [3.8, 4) is 0 Å². The standard InChI is InChI=1S/C9H12N2/c1-6-9-3-2-8(10)4-7(9)5-11-6/h2-4,6,11H,5,10H2,1H3. The number of nitrogens with one attached hydrogen (secondary N) is 1. The highest BCUT2D eigenvalue weighted by Gasteiger charge is 2.16. The van der Waals surface area contributed by atoms with E-state index in [1.165, 1.54) is 11.1 Å². The van der Waals surface area contributed by atoms with E-state index in [4.69, 9.17) is 5.73 Å². The number of rotatable bonds is 0. The molecule has 0 amide bonds. The topological polar surface area (TPSA) is 38.0 Å². The molecule has 1 unspecified atom stereocenters. The van der Waals surface area contributed by atoms with Crippen LogP contribution in [0.5, 0.6) is 0 Å². The van der Waals surface area contributed by atoms with Crippen molar-refractivity contribution in [2.45, 2.75) is 19.5 Å². The number of hydrogen-bond acceptors (Lipinski definition) is 2. The Kier molecular flexibility index (Phi) is 1.36. The van der Waals surface area contributed by atoms with Crippen LogP contribution in [-0.4, -0.2) is 0 Å². The highest BCUT2D eigenvalue weighted by Crippen LogP contribution is 2.25. The largest absolute Gasteiger partial charge is 0.399 e. The molecule has 0 aromatic heterocycles. The molecule has 1 atom stereocenters. The van der Waals surface area contributed by atoms with Gasteiger partial charge in [-0.15, -0.1) is 0 Å². The number of anilines is 1. The zero-order valence-electron chi connectivity index (χ0n) is 6.59. The first kappa shape index (κ1) is 6.68. The fraction of sp³-hybridized carbons (Fsp3) is 0.333. The van der Waals surface area contributed by atoms with Crippen LogP contribution in [0.1, 0.15) is 24.1 Å². The van der Waals surface area contributed by atoms with Crippen LogP contribution in [0.4, 0.5) is 5.69 Å². The molecule has 58 valence electrons. The molecule has 0 saturated carbocycles. The summed E-state index contributed by atoms with van der Waals surface area (Å²) in [4.78, 5) is 0. The van der Waals surface area contributed by atoms with Gasteiger partial charge in [0.25, 0.3) is 0 Å². The maximum absolute atomic E-state index is 5.65. The molecule has 0 radical (unpaired) electrons. The molecule has 1 aliphatic rings. The smallest absolute Gasteiger partial charge is 0.0317 e. The fourth-order valence-corrected chi connectivity index (χ4v) is 1.57. The summed E-state index contributed by atoms with van der Waals surface area (Å²) in [5, 5.41) is 3.36. The Hall–Kier alpha value is -1.02. The zero-order valence-corrected chi connectivity index (χ0v) is 6.59.